The predicted octanol–water partition coefficient (Wildman–Crippen LogP) is 4.97. The van der Waals surface area contributed by atoms with Crippen LogP contribution in [0, 0.1) is 0 Å². The molecule has 4 aromatic rings. The second-order valence-corrected chi connectivity index (χ2v) is 9.14. The molecule has 0 bridgehead atoms. The number of carbonyl (C=O) groups excluding carboxylic acids is 1. The summed E-state index contributed by atoms with van der Waals surface area (Å²) in [6.45, 7) is 1.84. The Morgan fingerprint density at radius 1 is 1.03 bits per heavy atom. The van der Waals surface area contributed by atoms with Crippen LogP contribution in [0.2, 0.25) is 0 Å². The summed E-state index contributed by atoms with van der Waals surface area (Å²) in [4.78, 5) is 36.9. The highest BCUT2D eigenvalue weighted by Crippen LogP contribution is 2.43. The highest BCUT2D eigenvalue weighted by atomic mass is 16.3. The van der Waals surface area contributed by atoms with E-state index in [2.05, 4.69) is 22.2 Å². The number of nitrogens with one attached hydrogen (secondary N) is 1. The van der Waals surface area contributed by atoms with Gasteiger partial charge in [-0.05, 0) is 36.2 Å². The maximum atomic E-state index is 13.6. The number of anilines is 3. The van der Waals surface area contributed by atoms with Gasteiger partial charge in [-0.15, -0.1) is 0 Å². The first-order chi connectivity index (χ1) is 18.0. The van der Waals surface area contributed by atoms with Crippen molar-refractivity contribution in [1.82, 2.24) is 14.5 Å². The number of aryl methyl sites for hydroxylation is 1. The zero-order chi connectivity index (χ0) is 25.9. The number of unbranched alkanes of at least 4 members (excludes halogenated alkanes) is 1. The molecule has 8 nitrogen and oxygen atoms in total. The summed E-state index contributed by atoms with van der Waals surface area (Å²) in [5, 5.41) is 13.6. The van der Waals surface area contributed by atoms with E-state index in [0.29, 0.717) is 33.8 Å². The Hall–Kier alpha value is -4.30. The van der Waals surface area contributed by atoms with Gasteiger partial charge in [-0.1, -0.05) is 50.1 Å². The Balaban J connectivity index is 1.61. The zero-order valence-electron chi connectivity index (χ0n) is 20.9. The van der Waals surface area contributed by atoms with Gasteiger partial charge >= 0.3 is 0 Å². The molecule has 8 heteroatoms. The first-order valence-corrected chi connectivity index (χ1v) is 12.4. The van der Waals surface area contributed by atoms with Gasteiger partial charge in [-0.3, -0.25) is 14.6 Å². The van der Waals surface area contributed by atoms with Crippen molar-refractivity contribution in [2.24, 2.45) is 7.05 Å². The smallest absolute Gasteiger partial charge is 0.293 e. The van der Waals surface area contributed by atoms with Gasteiger partial charge < -0.3 is 19.9 Å². The van der Waals surface area contributed by atoms with Crippen LogP contribution in [0.1, 0.15) is 53.7 Å². The number of aliphatic hydroxyl groups excluding tert-OH is 1. The molecule has 0 aliphatic carbocycles. The second-order valence-electron chi connectivity index (χ2n) is 9.14. The third-order valence-electron chi connectivity index (χ3n) is 6.75. The van der Waals surface area contributed by atoms with Gasteiger partial charge in [0.2, 0.25) is 0 Å². The SMILES string of the molecule is CCCCC1c2ccccc2C(=O)N1c1cccc(-c2cn(C)c(=O)c(Nc3cccnc3)n2)c1CO. The summed E-state index contributed by atoms with van der Waals surface area (Å²) in [6, 6.07) is 16.8. The van der Waals surface area contributed by atoms with Gasteiger partial charge in [0.15, 0.2) is 5.82 Å². The van der Waals surface area contributed by atoms with Crippen molar-refractivity contribution in [3.05, 3.63) is 100 Å². The van der Waals surface area contributed by atoms with Crippen LogP contribution in [0.15, 0.2) is 78.0 Å². The number of carbonyl (C=O) groups is 1. The minimum absolute atomic E-state index is 0.0732. The van der Waals surface area contributed by atoms with Gasteiger partial charge in [0.25, 0.3) is 11.5 Å². The van der Waals surface area contributed by atoms with Crippen LogP contribution in [0.5, 0.6) is 0 Å². The quantitative estimate of drug-likeness (QED) is 0.358. The average molecular weight is 496 g/mol. The summed E-state index contributed by atoms with van der Waals surface area (Å²) >= 11 is 0. The van der Waals surface area contributed by atoms with Crippen LogP contribution in [0.4, 0.5) is 17.2 Å². The van der Waals surface area contributed by atoms with E-state index in [0.717, 1.165) is 24.8 Å². The molecular weight excluding hydrogens is 466 g/mol. The van der Waals surface area contributed by atoms with Crippen LogP contribution < -0.4 is 15.8 Å². The van der Waals surface area contributed by atoms with Crippen molar-refractivity contribution in [2.45, 2.75) is 38.8 Å². The van der Waals surface area contributed by atoms with Crippen LogP contribution in [-0.2, 0) is 13.7 Å². The van der Waals surface area contributed by atoms with Crippen LogP contribution >= 0.6 is 0 Å². The maximum Gasteiger partial charge on any atom is 0.293 e. The third kappa shape index (κ3) is 4.51. The largest absolute Gasteiger partial charge is 0.392 e. The molecule has 0 saturated carbocycles. The van der Waals surface area contributed by atoms with E-state index in [1.54, 1.807) is 37.8 Å². The highest BCUT2D eigenvalue weighted by Gasteiger charge is 2.38. The highest BCUT2D eigenvalue weighted by molar-refractivity contribution is 6.11. The third-order valence-corrected chi connectivity index (χ3v) is 6.75. The van der Waals surface area contributed by atoms with Crippen molar-refractivity contribution in [2.75, 3.05) is 10.2 Å². The molecule has 1 atom stereocenters. The molecule has 0 saturated heterocycles. The molecule has 37 heavy (non-hydrogen) atoms. The lowest BCUT2D eigenvalue weighted by Gasteiger charge is -2.28. The number of hydrogen-bond donors (Lipinski definition) is 2. The summed E-state index contributed by atoms with van der Waals surface area (Å²) in [6.07, 6.45) is 7.72. The average Bonchev–Trinajstić information content (AvgIpc) is 3.21. The first kappa shape index (κ1) is 24.4. The molecular formula is C29H29N5O3. The van der Waals surface area contributed by atoms with Gasteiger partial charge in [0.1, 0.15) is 0 Å². The number of hydrogen-bond acceptors (Lipinski definition) is 6. The number of fused-ring (bicyclic) bond motifs is 1. The van der Waals surface area contributed by atoms with Gasteiger partial charge in [0, 0.05) is 36.1 Å². The minimum Gasteiger partial charge on any atom is -0.392 e. The zero-order valence-corrected chi connectivity index (χ0v) is 20.9. The fourth-order valence-electron chi connectivity index (χ4n) is 4.95. The van der Waals surface area contributed by atoms with E-state index in [1.807, 2.05) is 47.4 Å². The Bertz CT molecular complexity index is 1500. The van der Waals surface area contributed by atoms with E-state index in [-0.39, 0.29) is 29.9 Å². The molecule has 2 N–H and O–H groups in total. The van der Waals surface area contributed by atoms with Crippen molar-refractivity contribution >= 4 is 23.1 Å². The summed E-state index contributed by atoms with van der Waals surface area (Å²) < 4.78 is 1.45. The number of amides is 1. The standard InChI is InChI=1S/C29H29N5O3/c1-3-4-13-25-21-10-5-6-11-22(21)28(36)34(25)26-14-7-12-20(23(26)18-35)24-17-33(2)29(37)27(32-24)31-19-9-8-15-30-16-19/h5-12,14-17,25,35H,3-4,13,18H2,1-2H3,(H,31,32). The summed E-state index contributed by atoms with van der Waals surface area (Å²) in [7, 11) is 1.66. The molecule has 1 aliphatic rings. The van der Waals surface area contributed by atoms with Crippen molar-refractivity contribution in [3.8, 4) is 11.3 Å². The molecule has 1 unspecified atom stereocenters. The van der Waals surface area contributed by atoms with E-state index < -0.39 is 0 Å². The van der Waals surface area contributed by atoms with Crippen molar-refractivity contribution in [3.63, 3.8) is 0 Å². The van der Waals surface area contributed by atoms with Crippen LogP contribution in [0.3, 0.4) is 0 Å². The Labute approximate surface area is 215 Å². The molecule has 0 fully saturated rings. The fourth-order valence-corrected chi connectivity index (χ4v) is 4.95. The van der Waals surface area contributed by atoms with E-state index in [9.17, 15) is 14.7 Å². The van der Waals surface area contributed by atoms with E-state index in [1.165, 1.54) is 4.57 Å². The number of nitrogens with zero attached hydrogens (tertiary/aromatic N) is 4. The number of pyridine rings is 1. The van der Waals surface area contributed by atoms with Crippen LogP contribution in [-0.4, -0.2) is 25.5 Å². The molecule has 1 amide bonds. The molecule has 1 aliphatic heterocycles. The van der Waals surface area contributed by atoms with Gasteiger partial charge in [-0.25, -0.2) is 4.98 Å². The number of benzene rings is 2. The van der Waals surface area contributed by atoms with Gasteiger partial charge in [-0.2, -0.15) is 0 Å². The maximum absolute atomic E-state index is 13.6. The molecule has 188 valence electrons. The molecule has 0 spiro atoms. The first-order valence-electron chi connectivity index (χ1n) is 12.4. The number of aliphatic hydroxyl groups is 1. The number of aromatic nitrogens is 3. The summed E-state index contributed by atoms with van der Waals surface area (Å²) in [5.74, 6) is 0.0728. The Kier molecular flexibility index (Phi) is 6.83. The van der Waals surface area contributed by atoms with E-state index in [4.69, 9.17) is 0 Å². The monoisotopic (exact) mass is 495 g/mol. The molecule has 5 rings (SSSR count). The van der Waals surface area contributed by atoms with Crippen LogP contribution in [0.25, 0.3) is 11.3 Å². The minimum atomic E-state index is -0.292. The normalized spacial score (nSPS) is 14.6. The van der Waals surface area contributed by atoms with E-state index >= 15 is 0 Å². The molecule has 2 aromatic heterocycles. The lowest BCUT2D eigenvalue weighted by Crippen LogP contribution is -2.29. The van der Waals surface area contributed by atoms with Crippen molar-refractivity contribution in [1.29, 1.82) is 0 Å². The topological polar surface area (TPSA) is 100 Å². The molecule has 2 aromatic carbocycles. The lowest BCUT2D eigenvalue weighted by molar-refractivity contribution is 0.0989. The Morgan fingerprint density at radius 3 is 2.59 bits per heavy atom. The van der Waals surface area contributed by atoms with Crippen molar-refractivity contribution < 1.29 is 9.90 Å². The Morgan fingerprint density at radius 2 is 1.84 bits per heavy atom. The fraction of sp³-hybridized carbons (Fsp3) is 0.241. The second kappa shape index (κ2) is 10.4. The van der Waals surface area contributed by atoms with Gasteiger partial charge in [0.05, 0.1) is 35.9 Å². The molecule has 0 radical (unpaired) electrons. The summed E-state index contributed by atoms with van der Waals surface area (Å²) in [5.41, 5.74) is 4.46. The number of rotatable bonds is 8. The lowest BCUT2D eigenvalue weighted by atomic mass is 9.98. The predicted molar refractivity (Wildman–Crippen MR) is 144 cm³/mol. The molecule has 3 heterocycles.